The fraction of sp³-hybridized carbons (Fsp3) is 0.300. The van der Waals surface area contributed by atoms with Gasteiger partial charge in [0.1, 0.15) is 5.82 Å². The number of rotatable bonds is 4. The van der Waals surface area contributed by atoms with Crippen molar-refractivity contribution in [2.75, 3.05) is 18.4 Å². The summed E-state index contributed by atoms with van der Waals surface area (Å²) >= 11 is 0. The molecule has 0 unspecified atom stereocenters. The zero-order chi connectivity index (χ0) is 19.7. The van der Waals surface area contributed by atoms with Gasteiger partial charge in [-0.05, 0) is 36.8 Å². The van der Waals surface area contributed by atoms with Crippen molar-refractivity contribution in [2.24, 2.45) is 13.0 Å². The number of nitrogens with one attached hydrogen (secondary N) is 3. The van der Waals surface area contributed by atoms with E-state index in [0.29, 0.717) is 23.8 Å². The van der Waals surface area contributed by atoms with E-state index < -0.39 is 0 Å². The SMILES string of the molecule is Cc1cc(=O)[nH]c(-c2ccc(NC(=O)[C@H]3CNC[C@@H]3c3cnn(C)c3)cc2)n1. The van der Waals surface area contributed by atoms with Gasteiger partial charge in [0.25, 0.3) is 5.56 Å². The highest BCUT2D eigenvalue weighted by Crippen LogP contribution is 2.29. The van der Waals surface area contributed by atoms with Crippen molar-refractivity contribution >= 4 is 11.6 Å². The highest BCUT2D eigenvalue weighted by Gasteiger charge is 2.34. The summed E-state index contributed by atoms with van der Waals surface area (Å²) in [7, 11) is 1.87. The Bertz CT molecular complexity index is 1050. The number of aryl methyl sites for hydroxylation is 2. The number of aromatic nitrogens is 4. The molecule has 4 rings (SSSR count). The number of hydrogen-bond donors (Lipinski definition) is 3. The van der Waals surface area contributed by atoms with Crippen LogP contribution in [0, 0.1) is 12.8 Å². The minimum absolute atomic E-state index is 0.0197. The molecule has 1 aliphatic heterocycles. The third-order valence-electron chi connectivity index (χ3n) is 5.00. The predicted molar refractivity (Wildman–Crippen MR) is 106 cm³/mol. The third kappa shape index (κ3) is 3.72. The van der Waals surface area contributed by atoms with Gasteiger partial charge in [0.15, 0.2) is 0 Å². The lowest BCUT2D eigenvalue weighted by Gasteiger charge is -2.17. The summed E-state index contributed by atoms with van der Waals surface area (Å²) < 4.78 is 1.75. The number of H-pyrrole nitrogens is 1. The molecule has 0 saturated carbocycles. The van der Waals surface area contributed by atoms with E-state index in [1.54, 1.807) is 11.6 Å². The number of carbonyl (C=O) groups excluding carboxylic acids is 1. The number of nitrogens with zero attached hydrogens (tertiary/aromatic N) is 3. The highest BCUT2D eigenvalue weighted by molar-refractivity contribution is 5.93. The van der Waals surface area contributed by atoms with Crippen LogP contribution in [0.5, 0.6) is 0 Å². The quantitative estimate of drug-likeness (QED) is 0.637. The molecule has 1 aromatic carbocycles. The Labute approximate surface area is 162 Å². The second-order valence-electron chi connectivity index (χ2n) is 7.12. The molecule has 144 valence electrons. The van der Waals surface area contributed by atoms with Gasteiger partial charge in [-0.2, -0.15) is 5.10 Å². The van der Waals surface area contributed by atoms with Gasteiger partial charge >= 0.3 is 0 Å². The molecule has 0 radical (unpaired) electrons. The van der Waals surface area contributed by atoms with Crippen molar-refractivity contribution in [1.29, 1.82) is 0 Å². The molecule has 2 aromatic heterocycles. The minimum Gasteiger partial charge on any atom is -0.326 e. The van der Waals surface area contributed by atoms with Crippen molar-refractivity contribution in [3.63, 3.8) is 0 Å². The molecule has 8 heteroatoms. The summed E-state index contributed by atoms with van der Waals surface area (Å²) in [5, 5.41) is 10.5. The first-order valence-corrected chi connectivity index (χ1v) is 9.18. The van der Waals surface area contributed by atoms with Crippen LogP contribution < -0.4 is 16.2 Å². The molecular formula is C20H22N6O2. The molecule has 0 bridgehead atoms. The molecule has 3 aromatic rings. The first-order valence-electron chi connectivity index (χ1n) is 9.18. The monoisotopic (exact) mass is 378 g/mol. The summed E-state index contributed by atoms with van der Waals surface area (Å²) in [5.74, 6) is 0.446. The summed E-state index contributed by atoms with van der Waals surface area (Å²) in [6.07, 6.45) is 3.78. The number of benzene rings is 1. The molecule has 1 aliphatic rings. The van der Waals surface area contributed by atoms with Crippen LogP contribution >= 0.6 is 0 Å². The Morgan fingerprint density at radius 1 is 1.25 bits per heavy atom. The third-order valence-corrected chi connectivity index (χ3v) is 5.00. The van der Waals surface area contributed by atoms with Crippen LogP contribution in [0.1, 0.15) is 17.2 Å². The van der Waals surface area contributed by atoms with Gasteiger partial charge in [-0.15, -0.1) is 0 Å². The van der Waals surface area contributed by atoms with E-state index in [-0.39, 0.29) is 23.3 Å². The molecule has 28 heavy (non-hydrogen) atoms. The lowest BCUT2D eigenvalue weighted by molar-refractivity contribution is -0.119. The maximum atomic E-state index is 12.8. The smallest absolute Gasteiger partial charge is 0.251 e. The molecule has 2 atom stereocenters. The van der Waals surface area contributed by atoms with Crippen molar-refractivity contribution in [2.45, 2.75) is 12.8 Å². The van der Waals surface area contributed by atoms with Crippen LogP contribution in [-0.2, 0) is 11.8 Å². The number of carbonyl (C=O) groups is 1. The fourth-order valence-corrected chi connectivity index (χ4v) is 3.60. The van der Waals surface area contributed by atoms with Gasteiger partial charge in [-0.25, -0.2) is 4.98 Å². The second-order valence-corrected chi connectivity index (χ2v) is 7.12. The standard InChI is InChI=1S/C20H22N6O2/c1-12-7-18(27)25-19(23-12)13-3-5-15(6-4-13)24-20(28)17-10-21-9-16(17)14-8-22-26(2)11-14/h3-8,11,16-17,21H,9-10H2,1-2H3,(H,24,28)(H,23,25,27)/t16-,17+/m1/s1. The normalized spacial score (nSPS) is 18.9. The average Bonchev–Trinajstić information content (AvgIpc) is 3.30. The molecule has 1 fully saturated rings. The van der Waals surface area contributed by atoms with Gasteiger partial charge < -0.3 is 15.6 Å². The lowest BCUT2D eigenvalue weighted by atomic mass is 9.90. The lowest BCUT2D eigenvalue weighted by Crippen LogP contribution is -2.28. The average molecular weight is 378 g/mol. The second kappa shape index (κ2) is 7.40. The molecule has 0 spiro atoms. The van der Waals surface area contributed by atoms with Crippen LogP contribution in [0.4, 0.5) is 5.69 Å². The Balaban J connectivity index is 1.48. The van der Waals surface area contributed by atoms with Crippen molar-refractivity contribution in [1.82, 2.24) is 25.1 Å². The zero-order valence-electron chi connectivity index (χ0n) is 15.8. The van der Waals surface area contributed by atoms with Crippen molar-refractivity contribution in [3.8, 4) is 11.4 Å². The van der Waals surface area contributed by atoms with E-state index >= 15 is 0 Å². The van der Waals surface area contributed by atoms with Crippen LogP contribution in [0.25, 0.3) is 11.4 Å². The maximum Gasteiger partial charge on any atom is 0.251 e. The first-order chi connectivity index (χ1) is 13.5. The van der Waals surface area contributed by atoms with Crippen LogP contribution in [-0.4, -0.2) is 38.7 Å². The van der Waals surface area contributed by atoms with Gasteiger partial charge in [0.2, 0.25) is 5.91 Å². The topological polar surface area (TPSA) is 105 Å². The Hall–Kier alpha value is -3.26. The number of hydrogen-bond acceptors (Lipinski definition) is 5. The van der Waals surface area contributed by atoms with E-state index in [1.165, 1.54) is 6.07 Å². The summed E-state index contributed by atoms with van der Waals surface area (Å²) in [6.45, 7) is 3.18. The number of anilines is 1. The Morgan fingerprint density at radius 2 is 2.04 bits per heavy atom. The zero-order valence-corrected chi connectivity index (χ0v) is 15.8. The van der Waals surface area contributed by atoms with E-state index in [0.717, 1.165) is 17.7 Å². The largest absolute Gasteiger partial charge is 0.326 e. The molecule has 3 N–H and O–H groups in total. The minimum atomic E-state index is -0.185. The number of amides is 1. The van der Waals surface area contributed by atoms with Crippen LogP contribution in [0.2, 0.25) is 0 Å². The van der Waals surface area contributed by atoms with Gasteiger partial charge in [0, 0.05) is 55.3 Å². The highest BCUT2D eigenvalue weighted by atomic mass is 16.2. The molecule has 3 heterocycles. The molecule has 1 amide bonds. The van der Waals surface area contributed by atoms with E-state index in [2.05, 4.69) is 25.7 Å². The van der Waals surface area contributed by atoms with Crippen molar-refractivity contribution in [3.05, 3.63) is 64.3 Å². The molecule has 0 aliphatic carbocycles. The van der Waals surface area contributed by atoms with E-state index in [1.807, 2.05) is 43.7 Å². The molecule has 8 nitrogen and oxygen atoms in total. The van der Waals surface area contributed by atoms with Gasteiger partial charge in [0.05, 0.1) is 12.1 Å². The Kier molecular flexibility index (Phi) is 4.79. The van der Waals surface area contributed by atoms with Crippen LogP contribution in [0.3, 0.4) is 0 Å². The molecular weight excluding hydrogens is 356 g/mol. The maximum absolute atomic E-state index is 12.8. The van der Waals surface area contributed by atoms with Gasteiger partial charge in [-0.1, -0.05) is 0 Å². The summed E-state index contributed by atoms with van der Waals surface area (Å²) in [5.41, 5.74) is 3.04. The summed E-state index contributed by atoms with van der Waals surface area (Å²) in [4.78, 5) is 31.5. The first kappa shape index (κ1) is 18.1. The fourth-order valence-electron chi connectivity index (χ4n) is 3.60. The van der Waals surface area contributed by atoms with E-state index in [4.69, 9.17) is 0 Å². The number of aromatic amines is 1. The van der Waals surface area contributed by atoms with E-state index in [9.17, 15) is 9.59 Å². The van der Waals surface area contributed by atoms with Crippen molar-refractivity contribution < 1.29 is 4.79 Å². The van der Waals surface area contributed by atoms with Gasteiger partial charge in [-0.3, -0.25) is 14.3 Å². The summed E-state index contributed by atoms with van der Waals surface area (Å²) in [6, 6.07) is 8.75. The van der Waals surface area contributed by atoms with Crippen LogP contribution in [0.15, 0.2) is 47.5 Å². The predicted octanol–water partition coefficient (Wildman–Crippen LogP) is 1.42. The molecule has 1 saturated heterocycles. The Morgan fingerprint density at radius 3 is 2.71 bits per heavy atom.